The molecule has 3 rings (SSSR count). The summed E-state index contributed by atoms with van der Waals surface area (Å²) in [7, 11) is 0. The van der Waals surface area contributed by atoms with Crippen molar-refractivity contribution in [3.63, 3.8) is 0 Å². The van der Waals surface area contributed by atoms with Crippen molar-refractivity contribution in [3.8, 4) is 0 Å². The van der Waals surface area contributed by atoms with Crippen LogP contribution in [0.5, 0.6) is 0 Å². The molecular formula is C20H17Cl2N3O. The van der Waals surface area contributed by atoms with Crippen molar-refractivity contribution in [3.05, 3.63) is 93.6 Å². The van der Waals surface area contributed by atoms with Crippen LogP contribution in [-0.2, 0) is 13.1 Å². The lowest BCUT2D eigenvalue weighted by atomic mass is 10.2. The van der Waals surface area contributed by atoms with Gasteiger partial charge in [0.15, 0.2) is 0 Å². The number of halogens is 2. The van der Waals surface area contributed by atoms with Crippen molar-refractivity contribution < 1.29 is 4.79 Å². The summed E-state index contributed by atoms with van der Waals surface area (Å²) in [5.41, 5.74) is 2.61. The van der Waals surface area contributed by atoms with Gasteiger partial charge in [0, 0.05) is 34.9 Å². The Bertz CT molecular complexity index is 880. The van der Waals surface area contributed by atoms with Crippen LogP contribution in [0.2, 0.25) is 10.0 Å². The van der Waals surface area contributed by atoms with E-state index in [0.717, 1.165) is 11.1 Å². The van der Waals surface area contributed by atoms with Gasteiger partial charge in [0.1, 0.15) is 5.82 Å². The molecule has 0 aliphatic heterocycles. The number of amides is 1. The van der Waals surface area contributed by atoms with Crippen LogP contribution in [0.25, 0.3) is 0 Å². The van der Waals surface area contributed by atoms with Gasteiger partial charge in [0.25, 0.3) is 5.91 Å². The predicted octanol–water partition coefficient (Wildman–Crippen LogP) is 4.93. The Labute approximate surface area is 162 Å². The fourth-order valence-corrected chi connectivity index (χ4v) is 2.60. The van der Waals surface area contributed by atoms with Gasteiger partial charge in [0.2, 0.25) is 0 Å². The molecule has 6 heteroatoms. The van der Waals surface area contributed by atoms with Crippen molar-refractivity contribution in [1.82, 2.24) is 10.3 Å². The molecule has 0 unspecified atom stereocenters. The molecule has 0 aliphatic rings. The van der Waals surface area contributed by atoms with Gasteiger partial charge < -0.3 is 10.6 Å². The van der Waals surface area contributed by atoms with E-state index in [1.807, 2.05) is 36.4 Å². The molecule has 4 nitrogen and oxygen atoms in total. The Morgan fingerprint density at radius 2 is 1.42 bits per heavy atom. The van der Waals surface area contributed by atoms with Gasteiger partial charge >= 0.3 is 0 Å². The van der Waals surface area contributed by atoms with Crippen molar-refractivity contribution in [2.45, 2.75) is 13.1 Å². The summed E-state index contributed by atoms with van der Waals surface area (Å²) in [5, 5.41) is 7.47. The normalized spacial score (nSPS) is 10.4. The Balaban J connectivity index is 1.58. The highest BCUT2D eigenvalue weighted by Gasteiger charge is 2.07. The summed E-state index contributed by atoms with van der Waals surface area (Å²) in [4.78, 5) is 16.6. The highest BCUT2D eigenvalue weighted by Crippen LogP contribution is 2.13. The molecule has 1 aromatic heterocycles. The molecule has 1 heterocycles. The smallest absolute Gasteiger partial charge is 0.251 e. The molecule has 0 saturated heterocycles. The third kappa shape index (κ3) is 5.22. The van der Waals surface area contributed by atoms with Gasteiger partial charge in [0.05, 0.1) is 0 Å². The van der Waals surface area contributed by atoms with Crippen LogP contribution >= 0.6 is 23.2 Å². The lowest BCUT2D eigenvalue weighted by Gasteiger charge is -2.09. The minimum absolute atomic E-state index is 0.156. The summed E-state index contributed by atoms with van der Waals surface area (Å²) >= 11 is 11.7. The van der Waals surface area contributed by atoms with Crippen LogP contribution in [0.3, 0.4) is 0 Å². The number of carbonyl (C=O) groups is 1. The molecule has 0 aliphatic carbocycles. The van der Waals surface area contributed by atoms with E-state index >= 15 is 0 Å². The highest BCUT2D eigenvalue weighted by molar-refractivity contribution is 6.30. The molecule has 26 heavy (non-hydrogen) atoms. The van der Waals surface area contributed by atoms with E-state index in [2.05, 4.69) is 15.6 Å². The molecule has 132 valence electrons. The summed E-state index contributed by atoms with van der Waals surface area (Å²) in [5.74, 6) is 0.482. The molecule has 1 amide bonds. The first-order valence-electron chi connectivity index (χ1n) is 8.07. The molecule has 0 spiro atoms. The van der Waals surface area contributed by atoms with E-state index in [0.29, 0.717) is 34.5 Å². The van der Waals surface area contributed by atoms with Crippen LogP contribution in [0.15, 0.2) is 66.9 Å². The van der Waals surface area contributed by atoms with Crippen LogP contribution in [0.1, 0.15) is 21.5 Å². The topological polar surface area (TPSA) is 54.0 Å². The molecule has 0 saturated carbocycles. The number of nitrogens with one attached hydrogen (secondary N) is 2. The molecule has 3 aromatic rings. The molecule has 0 bridgehead atoms. The van der Waals surface area contributed by atoms with Gasteiger partial charge in [-0.15, -0.1) is 0 Å². The van der Waals surface area contributed by atoms with Crippen LogP contribution in [-0.4, -0.2) is 10.9 Å². The SMILES string of the molecule is O=C(NCc1ccc(Cl)cc1)c1ccnc(NCc2ccc(Cl)cc2)c1. The standard InChI is InChI=1S/C20H17Cl2N3O/c21-17-5-1-14(2-6-17)12-24-19-11-16(9-10-23-19)20(26)25-13-15-3-7-18(22)8-4-15/h1-11H,12-13H2,(H,23,24)(H,25,26). The number of hydrogen-bond donors (Lipinski definition) is 2. The number of benzene rings is 2. The number of anilines is 1. The molecule has 0 atom stereocenters. The highest BCUT2D eigenvalue weighted by atomic mass is 35.5. The Morgan fingerprint density at radius 3 is 2.04 bits per heavy atom. The zero-order chi connectivity index (χ0) is 18.4. The minimum Gasteiger partial charge on any atom is -0.366 e. The maximum Gasteiger partial charge on any atom is 0.251 e. The van der Waals surface area contributed by atoms with Crippen molar-refractivity contribution in [2.24, 2.45) is 0 Å². The second-order valence-electron chi connectivity index (χ2n) is 5.72. The number of rotatable bonds is 6. The van der Waals surface area contributed by atoms with Crippen LogP contribution < -0.4 is 10.6 Å². The second kappa shape index (κ2) is 8.70. The Hall–Kier alpha value is -2.56. The number of nitrogens with zero attached hydrogens (tertiary/aromatic N) is 1. The van der Waals surface area contributed by atoms with Gasteiger partial charge in [-0.2, -0.15) is 0 Å². The summed E-state index contributed by atoms with van der Waals surface area (Å²) in [6.07, 6.45) is 1.61. The zero-order valence-corrected chi connectivity index (χ0v) is 15.4. The van der Waals surface area contributed by atoms with Gasteiger partial charge in [-0.25, -0.2) is 4.98 Å². The van der Waals surface area contributed by atoms with E-state index in [9.17, 15) is 4.79 Å². The van der Waals surface area contributed by atoms with Crippen LogP contribution in [0, 0.1) is 0 Å². The molecule has 2 aromatic carbocycles. The molecule has 2 N–H and O–H groups in total. The fourth-order valence-electron chi connectivity index (χ4n) is 2.35. The lowest BCUT2D eigenvalue weighted by molar-refractivity contribution is 0.0951. The summed E-state index contributed by atoms with van der Waals surface area (Å²) < 4.78 is 0. The van der Waals surface area contributed by atoms with Gasteiger partial charge in [-0.1, -0.05) is 47.5 Å². The van der Waals surface area contributed by atoms with E-state index in [1.165, 1.54) is 0 Å². The van der Waals surface area contributed by atoms with E-state index in [4.69, 9.17) is 23.2 Å². The van der Waals surface area contributed by atoms with Crippen molar-refractivity contribution in [2.75, 3.05) is 5.32 Å². The number of hydrogen-bond acceptors (Lipinski definition) is 3. The van der Waals surface area contributed by atoms with E-state index < -0.39 is 0 Å². The lowest BCUT2D eigenvalue weighted by Crippen LogP contribution is -2.23. The Kier molecular flexibility index (Phi) is 6.10. The second-order valence-corrected chi connectivity index (χ2v) is 6.59. The predicted molar refractivity (Wildman–Crippen MR) is 106 cm³/mol. The maximum absolute atomic E-state index is 12.3. The molecule has 0 fully saturated rings. The first kappa shape index (κ1) is 18.2. The van der Waals surface area contributed by atoms with E-state index in [1.54, 1.807) is 30.5 Å². The van der Waals surface area contributed by atoms with Crippen LogP contribution in [0.4, 0.5) is 5.82 Å². The summed E-state index contributed by atoms with van der Waals surface area (Å²) in [6.45, 7) is 1.03. The van der Waals surface area contributed by atoms with E-state index in [-0.39, 0.29) is 5.91 Å². The first-order valence-corrected chi connectivity index (χ1v) is 8.83. The van der Waals surface area contributed by atoms with Gasteiger partial charge in [-0.3, -0.25) is 4.79 Å². The average molecular weight is 386 g/mol. The van der Waals surface area contributed by atoms with Crippen molar-refractivity contribution >= 4 is 34.9 Å². The molecule has 0 radical (unpaired) electrons. The fraction of sp³-hybridized carbons (Fsp3) is 0.100. The minimum atomic E-state index is -0.156. The third-order valence-electron chi connectivity index (χ3n) is 3.78. The zero-order valence-electron chi connectivity index (χ0n) is 13.9. The maximum atomic E-state index is 12.3. The Morgan fingerprint density at radius 1 is 0.846 bits per heavy atom. The van der Waals surface area contributed by atoms with Gasteiger partial charge in [-0.05, 0) is 47.5 Å². The quantitative estimate of drug-likeness (QED) is 0.632. The summed E-state index contributed by atoms with van der Waals surface area (Å²) in [6, 6.07) is 18.3. The largest absolute Gasteiger partial charge is 0.366 e. The number of carbonyl (C=O) groups excluding carboxylic acids is 1. The average Bonchev–Trinajstić information content (AvgIpc) is 2.67. The first-order chi connectivity index (χ1) is 12.6. The molecular weight excluding hydrogens is 369 g/mol. The van der Waals surface area contributed by atoms with Crippen molar-refractivity contribution in [1.29, 1.82) is 0 Å². The third-order valence-corrected chi connectivity index (χ3v) is 4.28. The number of pyridine rings is 1. The monoisotopic (exact) mass is 385 g/mol. The number of aromatic nitrogens is 1.